The van der Waals surface area contributed by atoms with Crippen LogP contribution in [-0.2, 0) is 16.1 Å². The molecule has 0 radical (unpaired) electrons. The molecule has 3 nitrogen and oxygen atoms in total. The van der Waals surface area contributed by atoms with Gasteiger partial charge in [-0.05, 0) is 18.9 Å². The third kappa shape index (κ3) is 4.50. The molecule has 1 aromatic rings. The molecular formula is C17H26O3. The average molecular weight is 278 g/mol. The molecule has 2 unspecified atom stereocenters. The summed E-state index contributed by atoms with van der Waals surface area (Å²) in [6.45, 7) is 5.54. The lowest BCUT2D eigenvalue weighted by molar-refractivity contribution is -0.155. The smallest absolute Gasteiger partial charge is 0.223 e. The Labute approximate surface area is 122 Å². The van der Waals surface area contributed by atoms with Gasteiger partial charge in [0.2, 0.25) is 6.29 Å². The fourth-order valence-electron chi connectivity index (χ4n) is 2.46. The van der Waals surface area contributed by atoms with Crippen molar-refractivity contribution >= 4 is 0 Å². The first-order chi connectivity index (χ1) is 9.83. The Morgan fingerprint density at radius 3 is 2.85 bits per heavy atom. The zero-order valence-electron chi connectivity index (χ0n) is 12.6. The SMILES string of the molecule is CCCCC(CCC)OCC1OCc2ccccc2O1. The van der Waals surface area contributed by atoms with Crippen molar-refractivity contribution in [1.29, 1.82) is 0 Å². The highest BCUT2D eigenvalue weighted by atomic mass is 16.7. The van der Waals surface area contributed by atoms with Gasteiger partial charge in [-0.15, -0.1) is 0 Å². The molecule has 112 valence electrons. The van der Waals surface area contributed by atoms with Crippen molar-refractivity contribution in [2.45, 2.75) is 65.0 Å². The number of rotatable bonds is 8. The Balaban J connectivity index is 1.79. The minimum Gasteiger partial charge on any atom is -0.462 e. The molecule has 20 heavy (non-hydrogen) atoms. The molecule has 1 aliphatic heterocycles. The van der Waals surface area contributed by atoms with Gasteiger partial charge in [0.15, 0.2) is 0 Å². The number of hydrogen-bond donors (Lipinski definition) is 0. The average Bonchev–Trinajstić information content (AvgIpc) is 2.50. The lowest BCUT2D eigenvalue weighted by atomic mass is 10.1. The van der Waals surface area contributed by atoms with Crippen molar-refractivity contribution in [3.8, 4) is 5.75 Å². The molecule has 0 aliphatic carbocycles. The summed E-state index contributed by atoms with van der Waals surface area (Å²) in [4.78, 5) is 0. The van der Waals surface area contributed by atoms with E-state index in [-0.39, 0.29) is 6.29 Å². The topological polar surface area (TPSA) is 27.7 Å². The number of ether oxygens (including phenoxy) is 3. The van der Waals surface area contributed by atoms with Gasteiger partial charge in [-0.3, -0.25) is 0 Å². The van der Waals surface area contributed by atoms with Crippen LogP contribution in [0.3, 0.4) is 0 Å². The van der Waals surface area contributed by atoms with Gasteiger partial charge in [0.05, 0.1) is 12.7 Å². The van der Waals surface area contributed by atoms with E-state index in [9.17, 15) is 0 Å². The fourth-order valence-corrected chi connectivity index (χ4v) is 2.46. The molecule has 0 aromatic heterocycles. The van der Waals surface area contributed by atoms with Gasteiger partial charge >= 0.3 is 0 Å². The van der Waals surface area contributed by atoms with Crippen molar-refractivity contribution in [3.63, 3.8) is 0 Å². The van der Waals surface area contributed by atoms with E-state index in [1.807, 2.05) is 24.3 Å². The number of unbranched alkanes of at least 4 members (excludes halogenated alkanes) is 1. The summed E-state index contributed by atoms with van der Waals surface area (Å²) < 4.78 is 17.5. The molecule has 0 fully saturated rings. The van der Waals surface area contributed by atoms with E-state index in [1.54, 1.807) is 0 Å². The van der Waals surface area contributed by atoms with Gasteiger partial charge in [-0.1, -0.05) is 51.3 Å². The summed E-state index contributed by atoms with van der Waals surface area (Å²) in [7, 11) is 0. The molecule has 2 atom stereocenters. The Morgan fingerprint density at radius 2 is 2.05 bits per heavy atom. The van der Waals surface area contributed by atoms with Crippen LogP contribution < -0.4 is 4.74 Å². The van der Waals surface area contributed by atoms with E-state index in [4.69, 9.17) is 14.2 Å². The van der Waals surface area contributed by atoms with Gasteiger partial charge in [0.1, 0.15) is 12.4 Å². The van der Waals surface area contributed by atoms with Crippen LogP contribution in [0.25, 0.3) is 0 Å². The summed E-state index contributed by atoms with van der Waals surface area (Å²) in [5.74, 6) is 0.924. The molecule has 3 heteroatoms. The fraction of sp³-hybridized carbons (Fsp3) is 0.647. The van der Waals surface area contributed by atoms with Crippen LogP contribution in [0.5, 0.6) is 5.75 Å². The molecule has 1 heterocycles. The van der Waals surface area contributed by atoms with Crippen molar-refractivity contribution < 1.29 is 14.2 Å². The summed E-state index contributed by atoms with van der Waals surface area (Å²) in [5.41, 5.74) is 1.11. The molecule has 0 amide bonds. The van der Waals surface area contributed by atoms with Crippen molar-refractivity contribution in [3.05, 3.63) is 29.8 Å². The van der Waals surface area contributed by atoms with Crippen molar-refractivity contribution in [2.75, 3.05) is 6.61 Å². The van der Waals surface area contributed by atoms with Gasteiger partial charge in [-0.2, -0.15) is 0 Å². The van der Waals surface area contributed by atoms with Crippen LogP contribution in [0.4, 0.5) is 0 Å². The van der Waals surface area contributed by atoms with E-state index >= 15 is 0 Å². The highest BCUT2D eigenvalue weighted by molar-refractivity contribution is 5.33. The normalized spacial score (nSPS) is 19.2. The maximum Gasteiger partial charge on any atom is 0.223 e. The molecule has 0 bridgehead atoms. The molecule has 1 aliphatic rings. The Kier molecular flexibility index (Phi) is 6.34. The quantitative estimate of drug-likeness (QED) is 0.709. The monoisotopic (exact) mass is 278 g/mol. The van der Waals surface area contributed by atoms with Gasteiger partial charge in [0, 0.05) is 5.56 Å². The number of hydrogen-bond acceptors (Lipinski definition) is 3. The summed E-state index contributed by atoms with van der Waals surface area (Å²) >= 11 is 0. The summed E-state index contributed by atoms with van der Waals surface area (Å²) in [5, 5.41) is 0. The van der Waals surface area contributed by atoms with Crippen LogP contribution >= 0.6 is 0 Å². The molecule has 0 spiro atoms. The third-order valence-corrected chi connectivity index (χ3v) is 3.61. The largest absolute Gasteiger partial charge is 0.462 e. The molecule has 2 rings (SSSR count). The van der Waals surface area contributed by atoms with Crippen LogP contribution in [0.2, 0.25) is 0 Å². The van der Waals surface area contributed by atoms with Crippen molar-refractivity contribution in [1.82, 2.24) is 0 Å². The molecule has 0 saturated heterocycles. The summed E-state index contributed by atoms with van der Waals surface area (Å²) in [6, 6.07) is 8.02. The minimum atomic E-state index is -0.272. The maximum absolute atomic E-state index is 5.99. The standard InChI is InChI=1S/C17H26O3/c1-3-5-10-15(8-4-2)18-13-17-19-12-14-9-6-7-11-16(14)20-17/h6-7,9,11,15,17H,3-5,8,10,12-13H2,1-2H3. The van der Waals surface area contributed by atoms with E-state index in [0.717, 1.165) is 30.6 Å². The molecule has 1 aromatic carbocycles. The highest BCUT2D eigenvalue weighted by Crippen LogP contribution is 2.26. The zero-order chi connectivity index (χ0) is 14.2. The predicted molar refractivity (Wildman–Crippen MR) is 79.8 cm³/mol. The molecule has 0 saturated carbocycles. The first kappa shape index (κ1) is 15.3. The first-order valence-corrected chi connectivity index (χ1v) is 7.81. The summed E-state index contributed by atoms with van der Waals surface area (Å²) in [6.07, 6.45) is 5.91. The Morgan fingerprint density at radius 1 is 1.20 bits per heavy atom. The van der Waals surface area contributed by atoms with Crippen LogP contribution in [0, 0.1) is 0 Å². The first-order valence-electron chi connectivity index (χ1n) is 7.81. The number of para-hydroxylation sites is 1. The van der Waals surface area contributed by atoms with E-state index < -0.39 is 0 Å². The van der Waals surface area contributed by atoms with Crippen LogP contribution in [-0.4, -0.2) is 19.0 Å². The van der Waals surface area contributed by atoms with E-state index in [2.05, 4.69) is 13.8 Å². The predicted octanol–water partition coefficient (Wildman–Crippen LogP) is 4.30. The van der Waals surface area contributed by atoms with E-state index in [1.165, 1.54) is 12.8 Å². The minimum absolute atomic E-state index is 0.272. The van der Waals surface area contributed by atoms with Crippen molar-refractivity contribution in [2.24, 2.45) is 0 Å². The number of benzene rings is 1. The lowest BCUT2D eigenvalue weighted by Crippen LogP contribution is -2.32. The zero-order valence-corrected chi connectivity index (χ0v) is 12.6. The number of fused-ring (bicyclic) bond motifs is 1. The second kappa shape index (κ2) is 8.28. The van der Waals surface area contributed by atoms with Gasteiger partial charge in [-0.25, -0.2) is 0 Å². The molecular weight excluding hydrogens is 252 g/mol. The Bertz CT molecular complexity index is 392. The second-order valence-corrected chi connectivity index (χ2v) is 5.35. The van der Waals surface area contributed by atoms with Gasteiger partial charge < -0.3 is 14.2 Å². The lowest BCUT2D eigenvalue weighted by Gasteiger charge is -2.27. The Hall–Kier alpha value is -1.06. The second-order valence-electron chi connectivity index (χ2n) is 5.35. The van der Waals surface area contributed by atoms with Gasteiger partial charge in [0.25, 0.3) is 0 Å². The third-order valence-electron chi connectivity index (χ3n) is 3.61. The maximum atomic E-state index is 5.99. The molecule has 0 N–H and O–H groups in total. The highest BCUT2D eigenvalue weighted by Gasteiger charge is 2.21. The van der Waals surface area contributed by atoms with E-state index in [0.29, 0.717) is 19.3 Å². The van der Waals surface area contributed by atoms with Crippen LogP contribution in [0.15, 0.2) is 24.3 Å². The van der Waals surface area contributed by atoms with Crippen LogP contribution in [0.1, 0.15) is 51.5 Å².